The Hall–Kier alpha value is -3.14. The lowest BCUT2D eigenvalue weighted by atomic mass is 9.91. The number of ether oxygens (including phenoxy) is 3. The Morgan fingerprint density at radius 1 is 1.32 bits per heavy atom. The molecule has 5 rings (SSSR count). The zero-order valence-electron chi connectivity index (χ0n) is 18.5. The van der Waals surface area contributed by atoms with Crippen LogP contribution in [0, 0.1) is 5.82 Å². The Bertz CT molecular complexity index is 1210. The minimum Gasteiger partial charge on any atom is -0.493 e. The van der Waals surface area contributed by atoms with E-state index >= 15 is 0 Å². The quantitative estimate of drug-likeness (QED) is 0.482. The van der Waals surface area contributed by atoms with Crippen LogP contribution < -0.4 is 15.4 Å². The van der Waals surface area contributed by atoms with Crippen molar-refractivity contribution in [2.75, 3.05) is 38.8 Å². The Balaban J connectivity index is 1.63. The fourth-order valence-electron chi connectivity index (χ4n) is 4.51. The van der Waals surface area contributed by atoms with E-state index < -0.39 is 5.82 Å². The summed E-state index contributed by atoms with van der Waals surface area (Å²) in [6.45, 7) is 2.05. The van der Waals surface area contributed by atoms with Crippen LogP contribution >= 0.6 is 11.6 Å². The molecule has 2 unspecified atom stereocenters. The number of carbonyl (C=O) groups excluding carboxylic acids is 1. The largest absolute Gasteiger partial charge is 0.493 e. The highest BCUT2D eigenvalue weighted by Crippen LogP contribution is 2.43. The highest BCUT2D eigenvalue weighted by atomic mass is 35.5. The summed E-state index contributed by atoms with van der Waals surface area (Å²) in [4.78, 5) is 20.3. The Labute approximate surface area is 200 Å². The monoisotopic (exact) mass is 486 g/mol. The van der Waals surface area contributed by atoms with E-state index in [4.69, 9.17) is 25.8 Å². The van der Waals surface area contributed by atoms with Crippen LogP contribution in [0.15, 0.2) is 36.7 Å². The normalized spacial score (nSPS) is 19.9. The molecule has 0 bridgehead atoms. The molecule has 2 aromatic heterocycles. The molecule has 1 amide bonds. The molecule has 10 heteroatoms. The number of para-hydroxylation sites is 1. The summed E-state index contributed by atoms with van der Waals surface area (Å²) >= 11 is 6.31. The van der Waals surface area contributed by atoms with Crippen LogP contribution in [-0.2, 0) is 9.47 Å². The molecule has 2 atom stereocenters. The van der Waals surface area contributed by atoms with E-state index in [1.165, 1.54) is 13.3 Å². The van der Waals surface area contributed by atoms with Gasteiger partial charge in [-0.3, -0.25) is 9.78 Å². The molecule has 1 aromatic carbocycles. The number of aromatic nitrogens is 2. The van der Waals surface area contributed by atoms with Gasteiger partial charge in [0, 0.05) is 29.9 Å². The summed E-state index contributed by atoms with van der Waals surface area (Å²) in [5.41, 5.74) is 2.84. The molecule has 0 aliphatic carbocycles. The third-order valence-electron chi connectivity index (χ3n) is 6.08. The molecule has 0 spiro atoms. The number of halogens is 2. The van der Waals surface area contributed by atoms with Crippen LogP contribution in [0.5, 0.6) is 5.75 Å². The van der Waals surface area contributed by atoms with Gasteiger partial charge in [0.05, 0.1) is 66.9 Å². The number of hydrogen-bond donors (Lipinski definition) is 3. The zero-order valence-corrected chi connectivity index (χ0v) is 19.2. The minimum absolute atomic E-state index is 0.0696. The maximum Gasteiger partial charge on any atom is 0.255 e. The number of amides is 1. The molecule has 2 aliphatic heterocycles. The van der Waals surface area contributed by atoms with Crippen molar-refractivity contribution in [3.63, 3.8) is 0 Å². The number of benzene rings is 1. The van der Waals surface area contributed by atoms with Crippen LogP contribution in [0.3, 0.4) is 0 Å². The molecule has 2 aliphatic rings. The molecule has 34 heavy (non-hydrogen) atoms. The highest BCUT2D eigenvalue weighted by Gasteiger charge is 2.35. The zero-order chi connectivity index (χ0) is 23.7. The van der Waals surface area contributed by atoms with E-state index in [2.05, 4.69) is 20.6 Å². The van der Waals surface area contributed by atoms with Crippen molar-refractivity contribution in [3.05, 3.63) is 58.8 Å². The standard InChI is InChI=1S/C24H24ClFN4O4/c1-32-23-16(25)3-2-4-18(23)29-22-19-20(30-21(22)15-5-6-27-11-17(15)26)13(10-28-24(19)31)9-14-12-33-7-8-34-14/h2-6,11,13-14,29-30H,7-10,12H2,1H3,(H,28,31). The Morgan fingerprint density at radius 3 is 2.97 bits per heavy atom. The molecule has 4 heterocycles. The number of nitrogens with one attached hydrogen (secondary N) is 3. The van der Waals surface area contributed by atoms with Crippen molar-refractivity contribution in [1.82, 2.24) is 15.3 Å². The van der Waals surface area contributed by atoms with E-state index in [1.807, 2.05) is 0 Å². The van der Waals surface area contributed by atoms with Crippen molar-refractivity contribution in [3.8, 4) is 17.0 Å². The first-order valence-corrected chi connectivity index (χ1v) is 11.4. The van der Waals surface area contributed by atoms with Gasteiger partial charge >= 0.3 is 0 Å². The van der Waals surface area contributed by atoms with Gasteiger partial charge in [-0.25, -0.2) is 4.39 Å². The average molecular weight is 487 g/mol. The van der Waals surface area contributed by atoms with Crippen LogP contribution in [0.4, 0.5) is 15.8 Å². The lowest BCUT2D eigenvalue weighted by molar-refractivity contribution is -0.0928. The predicted octanol–water partition coefficient (Wildman–Crippen LogP) is 4.25. The van der Waals surface area contributed by atoms with Gasteiger partial charge in [0.15, 0.2) is 11.6 Å². The third kappa shape index (κ3) is 4.22. The van der Waals surface area contributed by atoms with E-state index in [0.717, 1.165) is 6.20 Å². The topological polar surface area (TPSA) is 97.5 Å². The number of aromatic amines is 1. The first-order valence-electron chi connectivity index (χ1n) is 11.0. The molecule has 0 radical (unpaired) electrons. The van der Waals surface area contributed by atoms with Gasteiger partial charge in [-0.15, -0.1) is 0 Å². The summed E-state index contributed by atoms with van der Waals surface area (Å²) in [5.74, 6) is -0.420. The molecule has 3 N–H and O–H groups in total. The molecule has 3 aromatic rings. The molecule has 178 valence electrons. The van der Waals surface area contributed by atoms with E-state index in [-0.39, 0.29) is 23.5 Å². The summed E-state index contributed by atoms with van der Waals surface area (Å²) in [7, 11) is 1.51. The number of anilines is 2. The van der Waals surface area contributed by atoms with E-state index in [1.54, 1.807) is 24.3 Å². The van der Waals surface area contributed by atoms with Crippen molar-refractivity contribution < 1.29 is 23.4 Å². The maximum atomic E-state index is 14.8. The molecule has 0 saturated carbocycles. The smallest absolute Gasteiger partial charge is 0.255 e. The SMILES string of the molecule is COc1c(Cl)cccc1Nc1c(-c2ccncc2F)[nH]c2c1C(=O)NCC2CC1COCCO1. The number of pyridine rings is 1. The summed E-state index contributed by atoms with van der Waals surface area (Å²) in [6, 6.07) is 6.82. The number of nitrogens with zero attached hydrogens (tertiary/aromatic N) is 1. The first-order chi connectivity index (χ1) is 16.6. The fourth-order valence-corrected chi connectivity index (χ4v) is 4.76. The van der Waals surface area contributed by atoms with Crippen LogP contribution in [-0.4, -0.2) is 55.5 Å². The van der Waals surface area contributed by atoms with Gasteiger partial charge in [-0.2, -0.15) is 0 Å². The van der Waals surface area contributed by atoms with Gasteiger partial charge in [0.25, 0.3) is 5.91 Å². The van der Waals surface area contributed by atoms with Gasteiger partial charge in [0.1, 0.15) is 0 Å². The van der Waals surface area contributed by atoms with Gasteiger partial charge in [-0.05, 0) is 24.6 Å². The molecule has 1 fully saturated rings. The predicted molar refractivity (Wildman–Crippen MR) is 126 cm³/mol. The van der Waals surface area contributed by atoms with Gasteiger partial charge in [0.2, 0.25) is 0 Å². The Kier molecular flexibility index (Phi) is 6.40. The van der Waals surface area contributed by atoms with E-state index in [0.29, 0.717) is 71.9 Å². The van der Waals surface area contributed by atoms with Crippen molar-refractivity contribution in [2.24, 2.45) is 0 Å². The van der Waals surface area contributed by atoms with Crippen LogP contribution in [0.25, 0.3) is 11.3 Å². The number of methoxy groups -OCH3 is 1. The molecular weight excluding hydrogens is 463 g/mol. The second-order valence-corrected chi connectivity index (χ2v) is 8.58. The lowest BCUT2D eigenvalue weighted by Crippen LogP contribution is -2.38. The minimum atomic E-state index is -0.511. The molecule has 8 nitrogen and oxygen atoms in total. The lowest BCUT2D eigenvalue weighted by Gasteiger charge is -2.29. The third-order valence-corrected chi connectivity index (χ3v) is 6.38. The van der Waals surface area contributed by atoms with Crippen LogP contribution in [0.1, 0.15) is 28.4 Å². The van der Waals surface area contributed by atoms with Crippen molar-refractivity contribution in [2.45, 2.75) is 18.4 Å². The number of fused-ring (bicyclic) bond motifs is 1. The number of H-pyrrole nitrogens is 1. The molecular formula is C24H24ClFN4O4. The van der Waals surface area contributed by atoms with Crippen LogP contribution in [0.2, 0.25) is 5.02 Å². The summed E-state index contributed by atoms with van der Waals surface area (Å²) < 4.78 is 31.7. The molecule has 1 saturated heterocycles. The highest BCUT2D eigenvalue weighted by molar-refractivity contribution is 6.32. The summed E-state index contributed by atoms with van der Waals surface area (Å²) in [5, 5.41) is 6.65. The average Bonchev–Trinajstić information content (AvgIpc) is 3.22. The van der Waals surface area contributed by atoms with Crippen molar-refractivity contribution >= 4 is 28.9 Å². The van der Waals surface area contributed by atoms with E-state index in [9.17, 15) is 9.18 Å². The number of rotatable bonds is 6. The number of hydrogen-bond acceptors (Lipinski definition) is 6. The first kappa shape index (κ1) is 22.6. The second-order valence-electron chi connectivity index (χ2n) is 8.18. The fraction of sp³-hybridized carbons (Fsp3) is 0.333. The van der Waals surface area contributed by atoms with Gasteiger partial charge in [-0.1, -0.05) is 17.7 Å². The number of carbonyl (C=O) groups is 1. The second kappa shape index (κ2) is 9.61. The maximum absolute atomic E-state index is 14.8. The Morgan fingerprint density at radius 2 is 2.21 bits per heavy atom. The summed E-state index contributed by atoms with van der Waals surface area (Å²) in [6.07, 6.45) is 3.21. The van der Waals surface area contributed by atoms with Gasteiger partial charge < -0.3 is 29.8 Å². The van der Waals surface area contributed by atoms with Crippen molar-refractivity contribution in [1.29, 1.82) is 0 Å².